The molecule has 2 fully saturated rings. The van der Waals surface area contributed by atoms with Gasteiger partial charge in [-0.3, -0.25) is 0 Å². The molecular formula is C20H25N7O2. The fraction of sp³-hybridized carbons (Fsp3) is 0.600. The highest BCUT2D eigenvalue weighted by Crippen LogP contribution is 2.40. The zero-order valence-electron chi connectivity index (χ0n) is 16.8. The lowest BCUT2D eigenvalue weighted by Gasteiger charge is -2.30. The summed E-state index contributed by atoms with van der Waals surface area (Å²) in [4.78, 5) is 17.0. The standard InChI is InChI=1S/C20H25N7O2/c1-20(2)18-22-15-16(25-5-8-28-9-6-25)23-19(24-17(15)26(18)7-10-29-20)27-12-14(11-21-27)13-3-4-13/h11-13H,3-10H2,1-2H3. The molecule has 0 N–H and O–H groups in total. The van der Waals surface area contributed by atoms with Gasteiger partial charge in [-0.25, -0.2) is 9.67 Å². The minimum atomic E-state index is -0.452. The van der Waals surface area contributed by atoms with Crippen molar-refractivity contribution >= 4 is 17.0 Å². The lowest BCUT2D eigenvalue weighted by molar-refractivity contribution is -0.0530. The van der Waals surface area contributed by atoms with Crippen LogP contribution in [-0.2, 0) is 21.6 Å². The van der Waals surface area contributed by atoms with Crippen LogP contribution in [-0.4, -0.2) is 62.2 Å². The van der Waals surface area contributed by atoms with E-state index in [-0.39, 0.29) is 0 Å². The van der Waals surface area contributed by atoms with Crippen LogP contribution in [0.25, 0.3) is 17.1 Å². The fourth-order valence-electron chi connectivity index (χ4n) is 4.27. The topological polar surface area (TPSA) is 83.1 Å². The molecule has 0 amide bonds. The zero-order valence-corrected chi connectivity index (χ0v) is 16.8. The smallest absolute Gasteiger partial charge is 0.254 e. The van der Waals surface area contributed by atoms with E-state index in [1.54, 1.807) is 0 Å². The molecule has 152 valence electrons. The van der Waals surface area contributed by atoms with Gasteiger partial charge in [-0.2, -0.15) is 15.1 Å². The summed E-state index contributed by atoms with van der Waals surface area (Å²) in [6.07, 6.45) is 6.51. The molecule has 1 saturated heterocycles. The molecule has 6 rings (SSSR count). The van der Waals surface area contributed by atoms with E-state index in [1.165, 1.54) is 18.4 Å². The predicted octanol–water partition coefficient (Wildman–Crippen LogP) is 1.99. The summed E-state index contributed by atoms with van der Waals surface area (Å²) in [7, 11) is 0. The zero-order chi connectivity index (χ0) is 19.6. The highest BCUT2D eigenvalue weighted by molar-refractivity contribution is 5.85. The summed E-state index contributed by atoms with van der Waals surface area (Å²) in [6, 6.07) is 0. The first-order valence-electron chi connectivity index (χ1n) is 10.4. The van der Waals surface area contributed by atoms with E-state index in [0.717, 1.165) is 42.4 Å². The molecule has 1 aliphatic carbocycles. The highest BCUT2D eigenvalue weighted by atomic mass is 16.5. The van der Waals surface area contributed by atoms with E-state index >= 15 is 0 Å². The number of aromatic nitrogens is 6. The molecular weight excluding hydrogens is 370 g/mol. The van der Waals surface area contributed by atoms with Gasteiger partial charge in [0, 0.05) is 25.8 Å². The molecule has 9 nitrogen and oxygen atoms in total. The molecule has 29 heavy (non-hydrogen) atoms. The number of morpholine rings is 1. The van der Waals surface area contributed by atoms with Gasteiger partial charge in [0.05, 0.1) is 26.0 Å². The van der Waals surface area contributed by atoms with Crippen molar-refractivity contribution in [3.05, 3.63) is 23.8 Å². The molecule has 2 aliphatic heterocycles. The molecule has 3 aliphatic rings. The van der Waals surface area contributed by atoms with E-state index in [4.69, 9.17) is 24.4 Å². The van der Waals surface area contributed by atoms with Gasteiger partial charge < -0.3 is 18.9 Å². The predicted molar refractivity (Wildman–Crippen MR) is 106 cm³/mol. The van der Waals surface area contributed by atoms with Crippen LogP contribution in [0.3, 0.4) is 0 Å². The third-order valence-corrected chi connectivity index (χ3v) is 6.05. The molecule has 3 aromatic heterocycles. The van der Waals surface area contributed by atoms with E-state index in [2.05, 4.69) is 34.6 Å². The van der Waals surface area contributed by atoms with Crippen molar-refractivity contribution in [1.82, 2.24) is 29.3 Å². The average molecular weight is 395 g/mol. The van der Waals surface area contributed by atoms with Crippen molar-refractivity contribution < 1.29 is 9.47 Å². The lowest BCUT2D eigenvalue weighted by Crippen LogP contribution is -2.37. The average Bonchev–Trinajstić information content (AvgIpc) is 3.32. The van der Waals surface area contributed by atoms with E-state index in [9.17, 15) is 0 Å². The van der Waals surface area contributed by atoms with E-state index in [1.807, 2.05) is 10.9 Å². The van der Waals surface area contributed by atoms with Gasteiger partial charge in [-0.15, -0.1) is 0 Å². The number of nitrogens with zero attached hydrogens (tertiary/aromatic N) is 7. The Morgan fingerprint density at radius 2 is 1.86 bits per heavy atom. The second-order valence-electron chi connectivity index (χ2n) is 8.56. The van der Waals surface area contributed by atoms with E-state index < -0.39 is 5.60 Å². The second-order valence-corrected chi connectivity index (χ2v) is 8.56. The number of fused-ring (bicyclic) bond motifs is 3. The van der Waals surface area contributed by atoms with Crippen molar-refractivity contribution in [3.63, 3.8) is 0 Å². The van der Waals surface area contributed by atoms with Crippen LogP contribution in [0.2, 0.25) is 0 Å². The number of rotatable bonds is 3. The molecule has 0 radical (unpaired) electrons. The maximum Gasteiger partial charge on any atom is 0.254 e. The van der Waals surface area contributed by atoms with Crippen molar-refractivity contribution in [1.29, 1.82) is 0 Å². The van der Waals surface area contributed by atoms with Crippen molar-refractivity contribution in [2.75, 3.05) is 37.8 Å². The van der Waals surface area contributed by atoms with Crippen molar-refractivity contribution in [2.24, 2.45) is 0 Å². The van der Waals surface area contributed by atoms with Crippen LogP contribution < -0.4 is 4.90 Å². The Bertz CT molecular complexity index is 1080. The molecule has 0 aromatic carbocycles. The molecule has 3 aromatic rings. The Morgan fingerprint density at radius 3 is 2.66 bits per heavy atom. The molecule has 0 atom stereocenters. The molecule has 0 spiro atoms. The Morgan fingerprint density at radius 1 is 1.03 bits per heavy atom. The second kappa shape index (κ2) is 6.24. The molecule has 5 heterocycles. The largest absolute Gasteiger partial charge is 0.378 e. The number of ether oxygens (including phenoxy) is 2. The Balaban J connectivity index is 1.55. The first kappa shape index (κ1) is 17.3. The summed E-state index contributed by atoms with van der Waals surface area (Å²) in [6.45, 7) is 8.46. The third kappa shape index (κ3) is 2.83. The number of hydrogen-bond donors (Lipinski definition) is 0. The number of imidazole rings is 1. The summed E-state index contributed by atoms with van der Waals surface area (Å²) in [5.41, 5.74) is 2.50. The van der Waals surface area contributed by atoms with Crippen LogP contribution in [0, 0.1) is 0 Å². The van der Waals surface area contributed by atoms with Crippen LogP contribution in [0.15, 0.2) is 12.4 Å². The molecule has 0 unspecified atom stereocenters. The minimum absolute atomic E-state index is 0.452. The molecule has 1 saturated carbocycles. The maximum atomic E-state index is 5.98. The summed E-state index contributed by atoms with van der Waals surface area (Å²) in [5.74, 6) is 3.00. The van der Waals surface area contributed by atoms with Crippen LogP contribution >= 0.6 is 0 Å². The van der Waals surface area contributed by atoms with Gasteiger partial charge in [-0.1, -0.05) is 0 Å². The fourth-order valence-corrected chi connectivity index (χ4v) is 4.27. The SMILES string of the molecule is CC1(C)OCCn2c1nc1c(N3CCOCC3)nc(-n3cc(C4CC4)cn3)nc12. The summed E-state index contributed by atoms with van der Waals surface area (Å²) >= 11 is 0. The molecule has 0 bridgehead atoms. The summed E-state index contributed by atoms with van der Waals surface area (Å²) < 4.78 is 15.5. The van der Waals surface area contributed by atoms with Crippen LogP contribution in [0.5, 0.6) is 0 Å². The quantitative estimate of drug-likeness (QED) is 0.671. The first-order valence-corrected chi connectivity index (χ1v) is 10.4. The monoisotopic (exact) mass is 395 g/mol. The van der Waals surface area contributed by atoms with Gasteiger partial charge in [-0.05, 0) is 38.2 Å². The number of hydrogen-bond acceptors (Lipinski definition) is 7. The maximum absolute atomic E-state index is 5.98. The highest BCUT2D eigenvalue weighted by Gasteiger charge is 2.34. The van der Waals surface area contributed by atoms with Gasteiger partial charge in [0.2, 0.25) is 0 Å². The van der Waals surface area contributed by atoms with Crippen LogP contribution in [0.4, 0.5) is 5.82 Å². The van der Waals surface area contributed by atoms with Crippen molar-refractivity contribution in [3.8, 4) is 5.95 Å². The normalized spacial score (nSPS) is 21.5. The molecule has 9 heteroatoms. The van der Waals surface area contributed by atoms with Crippen LogP contribution in [0.1, 0.15) is 44.0 Å². The van der Waals surface area contributed by atoms with Gasteiger partial charge in [0.25, 0.3) is 5.95 Å². The van der Waals surface area contributed by atoms with E-state index in [0.29, 0.717) is 31.7 Å². The number of anilines is 1. The van der Waals surface area contributed by atoms with Gasteiger partial charge in [0.1, 0.15) is 11.4 Å². The van der Waals surface area contributed by atoms with Gasteiger partial charge >= 0.3 is 0 Å². The van der Waals surface area contributed by atoms with Crippen molar-refractivity contribution in [2.45, 2.75) is 44.8 Å². The first-order chi connectivity index (χ1) is 14.1. The Labute approximate surface area is 168 Å². The lowest BCUT2D eigenvalue weighted by atomic mass is 10.1. The van der Waals surface area contributed by atoms with Gasteiger partial charge in [0.15, 0.2) is 17.0 Å². The third-order valence-electron chi connectivity index (χ3n) is 6.05. The minimum Gasteiger partial charge on any atom is -0.378 e. The Hall–Kier alpha value is -2.52. The Kier molecular flexibility index (Phi) is 3.73. The summed E-state index contributed by atoms with van der Waals surface area (Å²) in [5, 5.41) is 4.56.